The number of nitrogens with zero attached hydrogens (tertiary/aromatic N) is 1. The zero-order chi connectivity index (χ0) is 13.2. The SMILES string of the molecule is CC(C)Cc1[nH]c(CC(F)(F)F)nc(=S)c1Br. The summed E-state index contributed by atoms with van der Waals surface area (Å²) in [5, 5.41) is 0. The van der Waals surface area contributed by atoms with E-state index in [2.05, 4.69) is 25.9 Å². The second-order valence-electron chi connectivity index (χ2n) is 4.17. The van der Waals surface area contributed by atoms with Gasteiger partial charge in [-0.1, -0.05) is 26.1 Å². The molecule has 0 unspecified atom stereocenters. The summed E-state index contributed by atoms with van der Waals surface area (Å²) in [7, 11) is 0. The predicted molar refractivity (Wildman–Crippen MR) is 65.4 cm³/mol. The Hall–Kier alpha value is -0.430. The minimum atomic E-state index is -4.28. The molecule has 0 aliphatic carbocycles. The van der Waals surface area contributed by atoms with Gasteiger partial charge in [0, 0.05) is 5.69 Å². The molecular weight excluding hydrogens is 317 g/mol. The van der Waals surface area contributed by atoms with Crippen LogP contribution >= 0.6 is 28.1 Å². The largest absolute Gasteiger partial charge is 0.396 e. The Balaban J connectivity index is 3.10. The van der Waals surface area contributed by atoms with Gasteiger partial charge in [0.2, 0.25) is 0 Å². The van der Waals surface area contributed by atoms with Crippen molar-refractivity contribution in [3.8, 4) is 0 Å². The van der Waals surface area contributed by atoms with Crippen LogP contribution in [0.25, 0.3) is 0 Å². The third-order valence-corrected chi connectivity index (χ3v) is 3.38. The van der Waals surface area contributed by atoms with Gasteiger partial charge < -0.3 is 4.98 Å². The standard InChI is InChI=1S/C10H12BrF3N2S/c1-5(2)3-6-8(11)9(17)16-7(15-6)4-10(12,13)14/h5H,3-4H2,1-2H3,(H,15,16,17). The van der Waals surface area contributed by atoms with E-state index in [1.54, 1.807) is 0 Å². The normalized spacial score (nSPS) is 12.2. The molecule has 1 rings (SSSR count). The zero-order valence-electron chi connectivity index (χ0n) is 9.36. The Morgan fingerprint density at radius 1 is 1.41 bits per heavy atom. The Bertz CT molecular complexity index is 454. The highest BCUT2D eigenvalue weighted by atomic mass is 79.9. The molecular formula is C10H12BrF3N2S. The van der Waals surface area contributed by atoms with Crippen molar-refractivity contribution in [3.05, 3.63) is 20.6 Å². The minimum absolute atomic E-state index is 0.138. The van der Waals surface area contributed by atoms with Crippen molar-refractivity contribution in [2.75, 3.05) is 0 Å². The average molecular weight is 329 g/mol. The third kappa shape index (κ3) is 4.75. The second-order valence-corrected chi connectivity index (χ2v) is 5.35. The lowest BCUT2D eigenvalue weighted by atomic mass is 10.1. The molecule has 7 heteroatoms. The topological polar surface area (TPSA) is 28.7 Å². The monoisotopic (exact) mass is 328 g/mol. The molecule has 1 aromatic rings. The van der Waals surface area contributed by atoms with E-state index in [-0.39, 0.29) is 10.5 Å². The number of aromatic nitrogens is 2. The van der Waals surface area contributed by atoms with Crippen molar-refractivity contribution in [1.29, 1.82) is 0 Å². The van der Waals surface area contributed by atoms with E-state index in [0.29, 0.717) is 22.5 Å². The van der Waals surface area contributed by atoms with E-state index in [0.717, 1.165) is 0 Å². The van der Waals surface area contributed by atoms with Crippen LogP contribution in [0.2, 0.25) is 0 Å². The van der Waals surface area contributed by atoms with Gasteiger partial charge in [-0.25, -0.2) is 4.98 Å². The Kier molecular flexibility index (Phi) is 4.71. The molecule has 1 aromatic heterocycles. The van der Waals surface area contributed by atoms with Gasteiger partial charge in [-0.3, -0.25) is 0 Å². The molecule has 0 spiro atoms. The molecule has 0 aromatic carbocycles. The smallest absolute Gasteiger partial charge is 0.346 e. The first-order valence-electron chi connectivity index (χ1n) is 5.03. The molecule has 96 valence electrons. The number of rotatable bonds is 3. The third-order valence-electron chi connectivity index (χ3n) is 1.96. The molecule has 1 heterocycles. The first-order chi connectivity index (χ1) is 7.69. The van der Waals surface area contributed by atoms with Crippen LogP contribution in [-0.4, -0.2) is 16.1 Å². The molecule has 0 radical (unpaired) electrons. The van der Waals surface area contributed by atoms with Crippen LogP contribution in [0.3, 0.4) is 0 Å². The molecule has 0 aliphatic heterocycles. The van der Waals surface area contributed by atoms with E-state index < -0.39 is 12.6 Å². The predicted octanol–water partition coefficient (Wildman–Crippen LogP) is 4.20. The molecule has 0 bridgehead atoms. The number of H-pyrrole nitrogens is 1. The number of halogens is 4. The highest BCUT2D eigenvalue weighted by molar-refractivity contribution is 9.10. The van der Waals surface area contributed by atoms with Crippen molar-refractivity contribution in [3.63, 3.8) is 0 Å². The van der Waals surface area contributed by atoms with Crippen LogP contribution in [0.15, 0.2) is 4.47 Å². The molecule has 0 saturated carbocycles. The summed E-state index contributed by atoms with van der Waals surface area (Å²) in [6, 6.07) is 0. The Labute approximate surface area is 111 Å². The van der Waals surface area contributed by atoms with Gasteiger partial charge in [-0.2, -0.15) is 13.2 Å². The van der Waals surface area contributed by atoms with Crippen molar-refractivity contribution in [1.82, 2.24) is 9.97 Å². The molecule has 0 saturated heterocycles. The first kappa shape index (κ1) is 14.6. The molecule has 0 atom stereocenters. The highest BCUT2D eigenvalue weighted by Gasteiger charge is 2.29. The van der Waals surface area contributed by atoms with Gasteiger partial charge in [-0.05, 0) is 28.3 Å². The quantitative estimate of drug-likeness (QED) is 0.842. The average Bonchev–Trinajstić information content (AvgIpc) is 2.09. The molecule has 2 nitrogen and oxygen atoms in total. The van der Waals surface area contributed by atoms with Crippen molar-refractivity contribution >= 4 is 28.1 Å². The number of alkyl halides is 3. The number of hydrogen-bond donors (Lipinski definition) is 1. The lowest BCUT2D eigenvalue weighted by Crippen LogP contribution is -2.15. The summed E-state index contributed by atoms with van der Waals surface area (Å²) in [5.41, 5.74) is 0.666. The highest BCUT2D eigenvalue weighted by Crippen LogP contribution is 2.23. The first-order valence-corrected chi connectivity index (χ1v) is 6.23. The van der Waals surface area contributed by atoms with E-state index in [1.165, 1.54) is 0 Å². The van der Waals surface area contributed by atoms with Gasteiger partial charge in [0.05, 0.1) is 4.47 Å². The summed E-state index contributed by atoms with van der Waals surface area (Å²) in [5.74, 6) is 0.180. The maximum absolute atomic E-state index is 12.3. The number of nitrogens with one attached hydrogen (secondary N) is 1. The molecule has 1 N–H and O–H groups in total. The molecule has 0 fully saturated rings. The summed E-state index contributed by atoms with van der Waals surface area (Å²) >= 11 is 8.17. The molecule has 0 aliphatic rings. The minimum Gasteiger partial charge on any atom is -0.346 e. The van der Waals surface area contributed by atoms with Crippen LogP contribution in [0.1, 0.15) is 25.4 Å². The van der Waals surface area contributed by atoms with E-state index in [9.17, 15) is 13.2 Å². The summed E-state index contributed by atoms with van der Waals surface area (Å²) in [4.78, 5) is 6.42. The fraction of sp³-hybridized carbons (Fsp3) is 0.600. The maximum Gasteiger partial charge on any atom is 0.396 e. The van der Waals surface area contributed by atoms with Crippen molar-refractivity contribution in [2.24, 2.45) is 5.92 Å². The molecule has 0 amide bonds. The maximum atomic E-state index is 12.3. The van der Waals surface area contributed by atoms with Crippen molar-refractivity contribution < 1.29 is 13.2 Å². The van der Waals surface area contributed by atoms with Gasteiger partial charge in [0.15, 0.2) is 0 Å². The van der Waals surface area contributed by atoms with Crippen LogP contribution in [0, 0.1) is 10.6 Å². The van der Waals surface area contributed by atoms with Crippen molar-refractivity contribution in [2.45, 2.75) is 32.9 Å². The van der Waals surface area contributed by atoms with Crippen LogP contribution in [0.4, 0.5) is 13.2 Å². The van der Waals surface area contributed by atoms with E-state index >= 15 is 0 Å². The fourth-order valence-electron chi connectivity index (χ4n) is 1.38. The lowest BCUT2D eigenvalue weighted by molar-refractivity contribution is -0.128. The summed E-state index contributed by atoms with van der Waals surface area (Å²) < 4.78 is 37.5. The van der Waals surface area contributed by atoms with Crippen LogP contribution in [-0.2, 0) is 12.8 Å². The van der Waals surface area contributed by atoms with Crippen LogP contribution < -0.4 is 0 Å². The van der Waals surface area contributed by atoms with E-state index in [4.69, 9.17) is 12.2 Å². The summed E-state index contributed by atoms with van der Waals surface area (Å²) in [6.07, 6.45) is -4.75. The Morgan fingerprint density at radius 3 is 2.47 bits per heavy atom. The number of hydrogen-bond acceptors (Lipinski definition) is 2. The second kappa shape index (κ2) is 5.48. The fourth-order valence-corrected chi connectivity index (χ4v) is 1.96. The van der Waals surface area contributed by atoms with Gasteiger partial charge in [-0.15, -0.1) is 0 Å². The van der Waals surface area contributed by atoms with Gasteiger partial charge in [0.1, 0.15) is 16.9 Å². The zero-order valence-corrected chi connectivity index (χ0v) is 11.8. The van der Waals surface area contributed by atoms with Crippen LogP contribution in [0.5, 0.6) is 0 Å². The Morgan fingerprint density at radius 2 is 2.00 bits per heavy atom. The molecule has 17 heavy (non-hydrogen) atoms. The summed E-state index contributed by atoms with van der Waals surface area (Å²) in [6.45, 7) is 3.96. The lowest BCUT2D eigenvalue weighted by Gasteiger charge is -2.11. The van der Waals surface area contributed by atoms with Gasteiger partial charge in [0.25, 0.3) is 0 Å². The van der Waals surface area contributed by atoms with Gasteiger partial charge >= 0.3 is 6.18 Å². The number of aromatic amines is 1. The van der Waals surface area contributed by atoms with E-state index in [1.807, 2.05) is 13.8 Å².